The molecule has 0 spiro atoms. The molecule has 0 aromatic rings. The molecule has 0 amide bonds. The summed E-state index contributed by atoms with van der Waals surface area (Å²) < 4.78 is 5.27. The van der Waals surface area contributed by atoms with Crippen molar-refractivity contribution in [2.75, 3.05) is 7.11 Å². The molecule has 2 heteroatoms. The molecule has 1 rings (SSSR count). The van der Waals surface area contributed by atoms with E-state index >= 15 is 0 Å². The van der Waals surface area contributed by atoms with Crippen LogP contribution in [0.3, 0.4) is 0 Å². The van der Waals surface area contributed by atoms with Crippen molar-refractivity contribution in [2.45, 2.75) is 58.8 Å². The largest absolute Gasteiger partial charge is 0.501 e. The van der Waals surface area contributed by atoms with E-state index in [9.17, 15) is 5.26 Å². The van der Waals surface area contributed by atoms with E-state index in [0.717, 1.165) is 25.0 Å². The Morgan fingerprint density at radius 3 is 2.78 bits per heavy atom. The standard InChI is InChI=1S/C16H27NO/c1-4-5-6-7-13(2)16(12-17)14-8-10-15(18-3)11-9-14/h10,13-14,16H,4-9,11H2,1-3H3. The van der Waals surface area contributed by atoms with Crippen LogP contribution in [-0.4, -0.2) is 7.11 Å². The highest BCUT2D eigenvalue weighted by molar-refractivity contribution is 5.03. The van der Waals surface area contributed by atoms with E-state index in [0.29, 0.717) is 11.8 Å². The van der Waals surface area contributed by atoms with Crippen LogP contribution in [0.1, 0.15) is 58.8 Å². The molecule has 0 aromatic heterocycles. The number of unbranched alkanes of at least 4 members (excludes halogenated alkanes) is 2. The van der Waals surface area contributed by atoms with Crippen LogP contribution in [0.2, 0.25) is 0 Å². The second kappa shape index (κ2) is 8.19. The zero-order valence-corrected chi connectivity index (χ0v) is 12.1. The summed E-state index contributed by atoms with van der Waals surface area (Å²) in [5.41, 5.74) is 0. The van der Waals surface area contributed by atoms with Gasteiger partial charge in [-0.15, -0.1) is 0 Å². The summed E-state index contributed by atoms with van der Waals surface area (Å²) in [5.74, 6) is 2.38. The Bertz CT molecular complexity index is 303. The summed E-state index contributed by atoms with van der Waals surface area (Å²) in [6.07, 6.45) is 10.3. The molecule has 0 N–H and O–H groups in total. The predicted octanol–water partition coefficient (Wildman–Crippen LogP) is 4.67. The van der Waals surface area contributed by atoms with Crippen LogP contribution in [-0.2, 0) is 4.74 Å². The number of hydrogen-bond donors (Lipinski definition) is 0. The molecule has 1 aliphatic carbocycles. The summed E-state index contributed by atoms with van der Waals surface area (Å²) in [4.78, 5) is 0. The van der Waals surface area contributed by atoms with Gasteiger partial charge in [-0.3, -0.25) is 0 Å². The molecule has 0 heterocycles. The second-order valence-corrected chi connectivity index (χ2v) is 5.54. The van der Waals surface area contributed by atoms with Gasteiger partial charge in [0.15, 0.2) is 0 Å². The Balaban J connectivity index is 2.46. The molecule has 0 aliphatic heterocycles. The number of methoxy groups -OCH3 is 1. The van der Waals surface area contributed by atoms with E-state index < -0.39 is 0 Å². The third-order valence-electron chi connectivity index (χ3n) is 4.20. The molecule has 18 heavy (non-hydrogen) atoms. The van der Waals surface area contributed by atoms with Crippen molar-refractivity contribution in [2.24, 2.45) is 17.8 Å². The highest BCUT2D eigenvalue weighted by Gasteiger charge is 2.28. The Hall–Kier alpha value is -0.970. The summed E-state index contributed by atoms with van der Waals surface area (Å²) >= 11 is 0. The first-order valence-corrected chi connectivity index (χ1v) is 7.35. The molecule has 0 fully saturated rings. The lowest BCUT2D eigenvalue weighted by Gasteiger charge is -2.29. The van der Waals surface area contributed by atoms with Gasteiger partial charge in [0.2, 0.25) is 0 Å². The van der Waals surface area contributed by atoms with Crippen LogP contribution >= 0.6 is 0 Å². The van der Waals surface area contributed by atoms with Crippen molar-refractivity contribution < 1.29 is 4.74 Å². The normalized spacial score (nSPS) is 22.8. The van der Waals surface area contributed by atoms with E-state index in [-0.39, 0.29) is 5.92 Å². The molecule has 0 saturated carbocycles. The van der Waals surface area contributed by atoms with Gasteiger partial charge in [-0.1, -0.05) is 33.1 Å². The van der Waals surface area contributed by atoms with Gasteiger partial charge < -0.3 is 4.74 Å². The zero-order valence-electron chi connectivity index (χ0n) is 12.1. The third kappa shape index (κ3) is 4.37. The van der Waals surface area contributed by atoms with Crippen LogP contribution in [0.25, 0.3) is 0 Å². The number of nitrogens with zero attached hydrogens (tertiary/aromatic N) is 1. The molecule has 1 aliphatic rings. The van der Waals surface area contributed by atoms with Crippen LogP contribution in [0.5, 0.6) is 0 Å². The molecule has 0 aromatic carbocycles. The monoisotopic (exact) mass is 249 g/mol. The number of ether oxygens (including phenoxy) is 1. The van der Waals surface area contributed by atoms with Crippen molar-refractivity contribution in [3.63, 3.8) is 0 Å². The fourth-order valence-corrected chi connectivity index (χ4v) is 2.94. The highest BCUT2D eigenvalue weighted by atomic mass is 16.5. The van der Waals surface area contributed by atoms with Gasteiger partial charge in [-0.05, 0) is 37.2 Å². The highest BCUT2D eigenvalue weighted by Crippen LogP contribution is 2.35. The minimum absolute atomic E-state index is 0.219. The average Bonchev–Trinajstić information content (AvgIpc) is 2.41. The van der Waals surface area contributed by atoms with E-state index in [1.165, 1.54) is 25.7 Å². The Labute approximate surface area is 112 Å². The Morgan fingerprint density at radius 2 is 2.28 bits per heavy atom. The number of allylic oxidation sites excluding steroid dienone is 2. The minimum Gasteiger partial charge on any atom is -0.501 e. The van der Waals surface area contributed by atoms with Gasteiger partial charge >= 0.3 is 0 Å². The number of nitriles is 1. The Morgan fingerprint density at radius 1 is 1.50 bits per heavy atom. The lowest BCUT2D eigenvalue weighted by atomic mass is 9.75. The number of hydrogen-bond acceptors (Lipinski definition) is 2. The first-order valence-electron chi connectivity index (χ1n) is 7.35. The SMILES string of the molecule is CCCCCC(C)C(C#N)C1CC=C(OC)CC1. The van der Waals surface area contributed by atoms with Crippen LogP contribution in [0, 0.1) is 29.1 Å². The minimum atomic E-state index is 0.219. The molecule has 2 nitrogen and oxygen atoms in total. The van der Waals surface area contributed by atoms with Crippen molar-refractivity contribution in [1.29, 1.82) is 5.26 Å². The molecule has 0 bridgehead atoms. The summed E-state index contributed by atoms with van der Waals surface area (Å²) in [5, 5.41) is 9.43. The average molecular weight is 249 g/mol. The maximum atomic E-state index is 9.43. The fraction of sp³-hybridized carbons (Fsp3) is 0.812. The quantitative estimate of drug-likeness (QED) is 0.614. The van der Waals surface area contributed by atoms with Gasteiger partial charge in [0.1, 0.15) is 0 Å². The molecule has 0 saturated heterocycles. The van der Waals surface area contributed by atoms with Gasteiger partial charge in [-0.2, -0.15) is 5.26 Å². The van der Waals surface area contributed by atoms with E-state index in [1.807, 2.05) is 0 Å². The fourth-order valence-electron chi connectivity index (χ4n) is 2.94. The zero-order chi connectivity index (χ0) is 13.4. The lowest BCUT2D eigenvalue weighted by molar-refractivity contribution is 0.218. The van der Waals surface area contributed by atoms with Crippen LogP contribution in [0.15, 0.2) is 11.8 Å². The van der Waals surface area contributed by atoms with E-state index in [2.05, 4.69) is 26.0 Å². The summed E-state index contributed by atoms with van der Waals surface area (Å²) in [6, 6.07) is 2.56. The first kappa shape index (κ1) is 15.1. The maximum Gasteiger partial charge on any atom is 0.0915 e. The van der Waals surface area contributed by atoms with Gasteiger partial charge in [-0.25, -0.2) is 0 Å². The molecule has 3 unspecified atom stereocenters. The molecule has 102 valence electrons. The predicted molar refractivity (Wildman–Crippen MR) is 74.8 cm³/mol. The van der Waals surface area contributed by atoms with Crippen molar-refractivity contribution in [1.82, 2.24) is 0 Å². The van der Waals surface area contributed by atoms with E-state index in [1.54, 1.807) is 7.11 Å². The van der Waals surface area contributed by atoms with Crippen molar-refractivity contribution >= 4 is 0 Å². The number of rotatable bonds is 7. The summed E-state index contributed by atoms with van der Waals surface area (Å²) in [6.45, 7) is 4.48. The van der Waals surface area contributed by atoms with Crippen LogP contribution < -0.4 is 0 Å². The topological polar surface area (TPSA) is 33.0 Å². The van der Waals surface area contributed by atoms with E-state index in [4.69, 9.17) is 4.74 Å². The second-order valence-electron chi connectivity index (χ2n) is 5.54. The van der Waals surface area contributed by atoms with Crippen molar-refractivity contribution in [3.05, 3.63) is 11.8 Å². The molecule has 0 radical (unpaired) electrons. The smallest absolute Gasteiger partial charge is 0.0915 e. The first-order chi connectivity index (χ1) is 8.72. The molecular formula is C16H27NO. The maximum absolute atomic E-state index is 9.43. The van der Waals surface area contributed by atoms with Crippen LogP contribution in [0.4, 0.5) is 0 Å². The lowest BCUT2D eigenvalue weighted by Crippen LogP contribution is -2.22. The van der Waals surface area contributed by atoms with Crippen molar-refractivity contribution in [3.8, 4) is 6.07 Å². The summed E-state index contributed by atoms with van der Waals surface area (Å²) in [7, 11) is 1.74. The van der Waals surface area contributed by atoms with Gasteiger partial charge in [0.25, 0.3) is 0 Å². The Kier molecular flexibility index (Phi) is 6.86. The van der Waals surface area contributed by atoms with Gasteiger partial charge in [0.05, 0.1) is 24.9 Å². The molecular weight excluding hydrogens is 222 g/mol. The molecule has 3 atom stereocenters. The third-order valence-corrected chi connectivity index (χ3v) is 4.20. The van der Waals surface area contributed by atoms with Gasteiger partial charge in [0, 0.05) is 6.42 Å².